The summed E-state index contributed by atoms with van der Waals surface area (Å²) in [5.74, 6) is -1.11. The van der Waals surface area contributed by atoms with Crippen molar-refractivity contribution in [1.29, 1.82) is 0 Å². The van der Waals surface area contributed by atoms with Crippen LogP contribution >= 0.6 is 11.6 Å². The number of carbonyl (C=O) groups excluding carboxylic acids is 1. The Morgan fingerprint density at radius 1 is 1.47 bits per heavy atom. The fourth-order valence-corrected chi connectivity index (χ4v) is 1.73. The average molecular weight is 265 g/mol. The molecule has 0 saturated carbocycles. The Labute approximate surface area is 105 Å². The topological polar surface area (TPSA) is 89.9 Å². The van der Waals surface area contributed by atoms with Crippen LogP contribution in [0.4, 0.5) is 4.79 Å². The van der Waals surface area contributed by atoms with Gasteiger partial charge in [-0.05, 0) is 13.8 Å². The average Bonchev–Trinajstić information content (AvgIpc) is 2.60. The molecule has 1 saturated heterocycles. The van der Waals surface area contributed by atoms with E-state index in [2.05, 4.69) is 5.32 Å². The van der Waals surface area contributed by atoms with E-state index < -0.39 is 24.1 Å². The zero-order valence-corrected chi connectivity index (χ0v) is 10.5. The van der Waals surface area contributed by atoms with Gasteiger partial charge in [0.05, 0.1) is 11.5 Å². The first-order valence-electron chi connectivity index (χ1n) is 5.45. The minimum Gasteiger partial charge on any atom is -0.480 e. The molecule has 1 rings (SSSR count). The molecule has 1 unspecified atom stereocenters. The van der Waals surface area contributed by atoms with E-state index in [-0.39, 0.29) is 24.4 Å². The van der Waals surface area contributed by atoms with Gasteiger partial charge in [-0.3, -0.25) is 0 Å². The summed E-state index contributed by atoms with van der Waals surface area (Å²) in [5.41, 5.74) is 0. The van der Waals surface area contributed by atoms with Crippen LogP contribution in [0.2, 0.25) is 0 Å². The Bertz CT molecular complexity index is 311. The van der Waals surface area contributed by atoms with E-state index in [1.165, 1.54) is 0 Å². The molecule has 1 heterocycles. The van der Waals surface area contributed by atoms with Crippen LogP contribution < -0.4 is 5.32 Å². The van der Waals surface area contributed by atoms with Gasteiger partial charge in [-0.2, -0.15) is 0 Å². The van der Waals surface area contributed by atoms with Gasteiger partial charge in [-0.25, -0.2) is 9.59 Å². The van der Waals surface area contributed by atoms with Crippen LogP contribution in [0.25, 0.3) is 0 Å². The van der Waals surface area contributed by atoms with Crippen LogP contribution in [0, 0.1) is 0 Å². The van der Waals surface area contributed by atoms with E-state index >= 15 is 0 Å². The Kier molecular flexibility index (Phi) is 4.59. The molecule has 4 atom stereocenters. The molecule has 0 aromatic heterocycles. The van der Waals surface area contributed by atoms with Crippen molar-refractivity contribution in [3.8, 4) is 0 Å². The fourth-order valence-electron chi connectivity index (χ4n) is 1.66. The van der Waals surface area contributed by atoms with Gasteiger partial charge < -0.3 is 20.4 Å². The van der Waals surface area contributed by atoms with Gasteiger partial charge in [0.15, 0.2) is 0 Å². The van der Waals surface area contributed by atoms with E-state index in [0.717, 1.165) is 4.90 Å². The smallest absolute Gasteiger partial charge is 0.326 e. The molecule has 6 nitrogen and oxygen atoms in total. The highest BCUT2D eigenvalue weighted by molar-refractivity contribution is 6.20. The summed E-state index contributed by atoms with van der Waals surface area (Å²) in [7, 11) is 0. The molecule has 0 bridgehead atoms. The third kappa shape index (κ3) is 3.47. The standard InChI is InChI=1S/C10H17ClN2O4/c1-5(11)6(2)12-10(17)13-4-7(14)3-8(13)9(15)16/h5-8,14H,3-4H2,1-2H3,(H,12,17)(H,15,16)/t5?,6-,7+,8+/m0/s1. The number of aliphatic hydroxyl groups excluding tert-OH is 1. The van der Waals surface area contributed by atoms with Crippen molar-refractivity contribution < 1.29 is 19.8 Å². The van der Waals surface area contributed by atoms with Crippen molar-refractivity contribution in [3.63, 3.8) is 0 Å². The summed E-state index contributed by atoms with van der Waals surface area (Å²) in [4.78, 5) is 23.9. The number of likely N-dealkylation sites (tertiary alicyclic amines) is 1. The highest BCUT2D eigenvalue weighted by atomic mass is 35.5. The number of amides is 2. The maximum absolute atomic E-state index is 11.8. The quantitative estimate of drug-likeness (QED) is 0.637. The zero-order chi connectivity index (χ0) is 13.2. The van der Waals surface area contributed by atoms with Crippen LogP contribution in [-0.2, 0) is 4.79 Å². The number of urea groups is 1. The van der Waals surface area contributed by atoms with Crippen molar-refractivity contribution in [3.05, 3.63) is 0 Å². The second-order valence-corrected chi connectivity index (χ2v) is 5.00. The first-order chi connectivity index (χ1) is 7.82. The summed E-state index contributed by atoms with van der Waals surface area (Å²) in [6.45, 7) is 3.50. The number of carboxylic acid groups (broad SMARTS) is 1. The van der Waals surface area contributed by atoms with Crippen molar-refractivity contribution in [2.75, 3.05) is 6.54 Å². The number of β-amino-alcohol motifs (C(OH)–C–C–N with tert-alkyl or cyclic N) is 1. The third-order valence-electron chi connectivity index (χ3n) is 2.87. The second kappa shape index (κ2) is 5.55. The van der Waals surface area contributed by atoms with Crippen LogP contribution in [0.5, 0.6) is 0 Å². The van der Waals surface area contributed by atoms with Gasteiger partial charge in [0.1, 0.15) is 6.04 Å². The number of hydrogen-bond acceptors (Lipinski definition) is 3. The van der Waals surface area contributed by atoms with Gasteiger partial charge in [-0.15, -0.1) is 11.6 Å². The van der Waals surface area contributed by atoms with Crippen molar-refractivity contribution >= 4 is 23.6 Å². The molecule has 0 aromatic carbocycles. The Morgan fingerprint density at radius 3 is 2.53 bits per heavy atom. The van der Waals surface area contributed by atoms with E-state index in [1.807, 2.05) is 0 Å². The van der Waals surface area contributed by atoms with Gasteiger partial charge in [0.25, 0.3) is 0 Å². The molecule has 1 fully saturated rings. The maximum atomic E-state index is 11.8. The minimum absolute atomic E-state index is 0.0339. The summed E-state index contributed by atoms with van der Waals surface area (Å²) in [6, 6.07) is -1.74. The number of alkyl halides is 1. The first kappa shape index (κ1) is 14.1. The van der Waals surface area contributed by atoms with Gasteiger partial charge >= 0.3 is 12.0 Å². The van der Waals surface area contributed by atoms with Crippen molar-refractivity contribution in [1.82, 2.24) is 10.2 Å². The number of aliphatic carboxylic acids is 1. The summed E-state index contributed by atoms with van der Waals surface area (Å²) >= 11 is 5.81. The van der Waals surface area contributed by atoms with Crippen LogP contribution in [0.15, 0.2) is 0 Å². The van der Waals surface area contributed by atoms with Crippen LogP contribution in [-0.4, -0.2) is 57.2 Å². The summed E-state index contributed by atoms with van der Waals surface area (Å²) in [5, 5.41) is 20.7. The number of nitrogens with one attached hydrogen (secondary N) is 1. The van der Waals surface area contributed by atoms with Crippen molar-refractivity contribution in [2.45, 2.75) is 43.8 Å². The summed E-state index contributed by atoms with van der Waals surface area (Å²) in [6.07, 6.45) is -0.723. The van der Waals surface area contributed by atoms with E-state index in [0.29, 0.717) is 0 Å². The largest absolute Gasteiger partial charge is 0.480 e. The number of hydrogen-bond donors (Lipinski definition) is 3. The second-order valence-electron chi connectivity index (χ2n) is 4.31. The van der Waals surface area contributed by atoms with Gasteiger partial charge in [-0.1, -0.05) is 0 Å². The molecule has 7 heteroatoms. The summed E-state index contributed by atoms with van der Waals surface area (Å²) < 4.78 is 0. The molecule has 0 spiro atoms. The van der Waals surface area contributed by atoms with E-state index in [9.17, 15) is 14.7 Å². The van der Waals surface area contributed by atoms with Crippen LogP contribution in [0.1, 0.15) is 20.3 Å². The number of aliphatic hydroxyl groups is 1. The molecule has 17 heavy (non-hydrogen) atoms. The van der Waals surface area contributed by atoms with Crippen LogP contribution in [0.3, 0.4) is 0 Å². The molecule has 1 aliphatic rings. The molecule has 0 aromatic rings. The number of halogens is 1. The fraction of sp³-hybridized carbons (Fsp3) is 0.800. The predicted molar refractivity (Wildman–Crippen MR) is 62.1 cm³/mol. The minimum atomic E-state index is -1.11. The molecule has 98 valence electrons. The Hall–Kier alpha value is -1.01. The molecule has 1 aliphatic heterocycles. The molecule has 2 amide bonds. The van der Waals surface area contributed by atoms with Gasteiger partial charge in [0, 0.05) is 19.0 Å². The lowest BCUT2D eigenvalue weighted by molar-refractivity contribution is -0.141. The molecule has 0 aliphatic carbocycles. The molecule has 0 radical (unpaired) electrons. The Balaban J connectivity index is 2.64. The van der Waals surface area contributed by atoms with Gasteiger partial charge in [0.2, 0.25) is 0 Å². The molecular weight excluding hydrogens is 248 g/mol. The lowest BCUT2D eigenvalue weighted by Crippen LogP contribution is -2.50. The van der Waals surface area contributed by atoms with Crippen molar-refractivity contribution in [2.24, 2.45) is 0 Å². The maximum Gasteiger partial charge on any atom is 0.326 e. The number of nitrogens with zero attached hydrogens (tertiary/aromatic N) is 1. The normalized spacial score (nSPS) is 27.6. The lowest BCUT2D eigenvalue weighted by Gasteiger charge is -2.25. The SMILES string of the molecule is CC(Cl)[C@H](C)NC(=O)N1C[C@H](O)C[C@@H]1C(=O)O. The predicted octanol–water partition coefficient (Wildman–Crippen LogP) is 0.232. The highest BCUT2D eigenvalue weighted by Gasteiger charge is 2.39. The third-order valence-corrected chi connectivity index (χ3v) is 3.24. The molecule has 3 N–H and O–H groups in total. The van der Waals surface area contributed by atoms with E-state index in [4.69, 9.17) is 16.7 Å². The lowest BCUT2D eigenvalue weighted by atomic mass is 10.2. The number of carbonyl (C=O) groups is 2. The highest BCUT2D eigenvalue weighted by Crippen LogP contribution is 2.18. The first-order valence-corrected chi connectivity index (χ1v) is 5.88. The molecular formula is C10H17ClN2O4. The Morgan fingerprint density at radius 2 is 2.06 bits per heavy atom. The number of rotatable bonds is 3. The van der Waals surface area contributed by atoms with E-state index in [1.54, 1.807) is 13.8 Å². The number of carboxylic acids is 1. The zero-order valence-electron chi connectivity index (χ0n) is 9.76. The monoisotopic (exact) mass is 264 g/mol.